The van der Waals surface area contributed by atoms with Crippen molar-refractivity contribution in [1.82, 2.24) is 4.98 Å². The maximum Gasteiger partial charge on any atom is 0.305 e. The molecule has 8 rings (SSSR count). The average molecular weight is 633 g/mol. The summed E-state index contributed by atoms with van der Waals surface area (Å²) in [6.07, 6.45) is 0.766. The first-order valence-corrected chi connectivity index (χ1v) is 16.4. The fraction of sp³-hybridized carbons (Fsp3) is 0.303. The molecule has 218 valence electrons. The van der Waals surface area contributed by atoms with Gasteiger partial charge in [-0.15, -0.1) is 11.8 Å². The van der Waals surface area contributed by atoms with E-state index in [2.05, 4.69) is 17.1 Å². The number of nitrogens with zero attached hydrogens (tertiary/aromatic N) is 1. The van der Waals surface area contributed by atoms with Gasteiger partial charge in [0.1, 0.15) is 18.2 Å². The molecule has 3 fully saturated rings. The number of thiazole rings is 1. The minimum absolute atomic E-state index is 0.000286. The Bertz CT molecular complexity index is 1840. The number of carbonyl (C=O) groups is 2. The van der Waals surface area contributed by atoms with Crippen LogP contribution in [0.25, 0.3) is 0 Å². The molecule has 1 aromatic heterocycles. The zero-order chi connectivity index (χ0) is 29.6. The molecule has 2 aliphatic heterocycles. The molecule has 7 atom stereocenters. The molecule has 4 aliphatic rings. The molecular weight excluding hydrogens is 607 g/mol. The van der Waals surface area contributed by atoms with Crippen LogP contribution in [-0.2, 0) is 16.2 Å². The number of carbonyl (C=O) groups excluding carboxylic acids is 2. The SMILES string of the molecule is Cc1ccc(COc2ccc(Cl)cc2[C@H]2c3sc(=O)[nH]c3SC3C4CC(C5C(=O)N(c6ccc(F)cc6)C(=O)C45)C32)cc1. The molecule has 10 heteroatoms. The Morgan fingerprint density at radius 2 is 1.70 bits per heavy atom. The summed E-state index contributed by atoms with van der Waals surface area (Å²) in [5, 5.41) is 1.41. The number of aromatic nitrogens is 1. The highest BCUT2D eigenvalue weighted by molar-refractivity contribution is 8.00. The van der Waals surface area contributed by atoms with Crippen molar-refractivity contribution in [2.24, 2.45) is 29.6 Å². The minimum atomic E-state index is -0.458. The third-order valence-corrected chi connectivity index (χ3v) is 12.5. The van der Waals surface area contributed by atoms with Gasteiger partial charge in [-0.25, -0.2) is 4.39 Å². The summed E-state index contributed by atoms with van der Waals surface area (Å²) in [4.78, 5) is 45.5. The molecule has 2 saturated carbocycles. The Morgan fingerprint density at radius 3 is 2.44 bits per heavy atom. The monoisotopic (exact) mass is 632 g/mol. The summed E-state index contributed by atoms with van der Waals surface area (Å²) >= 11 is 9.42. The van der Waals surface area contributed by atoms with E-state index in [0.29, 0.717) is 23.1 Å². The predicted octanol–water partition coefficient (Wildman–Crippen LogP) is 6.79. The maximum absolute atomic E-state index is 13.9. The van der Waals surface area contributed by atoms with Crippen LogP contribution in [0.5, 0.6) is 5.75 Å². The van der Waals surface area contributed by atoms with Crippen molar-refractivity contribution in [2.75, 3.05) is 4.90 Å². The highest BCUT2D eigenvalue weighted by atomic mass is 35.5. The van der Waals surface area contributed by atoms with E-state index in [0.717, 1.165) is 27.5 Å². The van der Waals surface area contributed by atoms with Gasteiger partial charge in [-0.1, -0.05) is 52.8 Å². The number of nitrogens with one attached hydrogen (secondary N) is 1. The van der Waals surface area contributed by atoms with Crippen LogP contribution in [0.4, 0.5) is 10.1 Å². The van der Waals surface area contributed by atoms with Gasteiger partial charge in [-0.05, 0) is 79.1 Å². The molecule has 0 spiro atoms. The quantitative estimate of drug-likeness (QED) is 0.245. The van der Waals surface area contributed by atoms with Gasteiger partial charge in [0, 0.05) is 26.6 Å². The second-order valence-electron chi connectivity index (χ2n) is 11.9. The van der Waals surface area contributed by atoms with Crippen molar-refractivity contribution in [2.45, 2.75) is 36.1 Å². The lowest BCUT2D eigenvalue weighted by molar-refractivity contribution is -0.123. The fourth-order valence-corrected chi connectivity index (χ4v) is 11.0. The molecule has 1 saturated heterocycles. The lowest BCUT2D eigenvalue weighted by Crippen LogP contribution is -2.42. The van der Waals surface area contributed by atoms with Crippen LogP contribution in [0.1, 0.15) is 33.9 Å². The molecule has 2 bridgehead atoms. The van der Waals surface area contributed by atoms with Gasteiger partial charge in [0.05, 0.1) is 22.5 Å². The highest BCUT2D eigenvalue weighted by Gasteiger charge is 2.69. The second-order valence-corrected chi connectivity index (χ2v) is 14.5. The number of amides is 2. The van der Waals surface area contributed by atoms with Gasteiger partial charge in [0.25, 0.3) is 0 Å². The Labute approximate surface area is 260 Å². The van der Waals surface area contributed by atoms with Crippen LogP contribution in [0.2, 0.25) is 5.02 Å². The van der Waals surface area contributed by atoms with E-state index in [1.54, 1.807) is 11.8 Å². The van der Waals surface area contributed by atoms with Crippen molar-refractivity contribution in [3.63, 3.8) is 0 Å². The Kier molecular flexibility index (Phi) is 6.37. The Hall–Kier alpha value is -3.40. The zero-order valence-corrected chi connectivity index (χ0v) is 25.3. The van der Waals surface area contributed by atoms with E-state index < -0.39 is 17.7 Å². The van der Waals surface area contributed by atoms with Crippen LogP contribution in [-0.4, -0.2) is 22.0 Å². The standard InChI is InChI=1S/C33H26ClFN2O4S2/c1-15-2-4-16(5-3-15)14-41-23-11-6-17(34)12-20(23)24-25-21-13-22(28(25)42-30-29(24)43-33(40)36-30)27-26(21)31(38)37(32(27)39)19-9-7-18(35)8-10-19/h2-12,21-22,24-28H,13-14H2,1H3,(H,36,40)/t21?,22?,24-,25?,26?,27?,28?/m1/s1. The molecule has 43 heavy (non-hydrogen) atoms. The van der Waals surface area contributed by atoms with Crippen LogP contribution in [0.3, 0.4) is 0 Å². The molecule has 1 N–H and O–H groups in total. The minimum Gasteiger partial charge on any atom is -0.489 e. The Morgan fingerprint density at radius 1 is 0.977 bits per heavy atom. The van der Waals surface area contributed by atoms with Crippen molar-refractivity contribution >= 4 is 52.2 Å². The van der Waals surface area contributed by atoms with Crippen molar-refractivity contribution in [3.8, 4) is 5.75 Å². The number of hydrogen-bond acceptors (Lipinski definition) is 6. The molecule has 3 heterocycles. The number of fused-ring (bicyclic) bond motifs is 9. The highest BCUT2D eigenvalue weighted by Crippen LogP contribution is 2.69. The third-order valence-electron chi connectivity index (χ3n) is 9.63. The zero-order valence-electron chi connectivity index (χ0n) is 23.0. The molecule has 2 aliphatic carbocycles. The van der Waals surface area contributed by atoms with E-state index in [-0.39, 0.29) is 45.6 Å². The number of aromatic amines is 1. The van der Waals surface area contributed by atoms with Gasteiger partial charge in [0.15, 0.2) is 0 Å². The summed E-state index contributed by atoms with van der Waals surface area (Å²) in [6, 6.07) is 19.3. The molecular formula is C33H26ClFN2O4S2. The van der Waals surface area contributed by atoms with Gasteiger partial charge < -0.3 is 9.72 Å². The van der Waals surface area contributed by atoms with Crippen molar-refractivity contribution in [1.29, 1.82) is 0 Å². The predicted molar refractivity (Wildman–Crippen MR) is 164 cm³/mol. The third kappa shape index (κ3) is 4.23. The van der Waals surface area contributed by atoms with Crippen LogP contribution in [0.15, 0.2) is 76.6 Å². The number of rotatable bonds is 5. The number of anilines is 1. The van der Waals surface area contributed by atoms with E-state index in [1.807, 2.05) is 37.3 Å². The lowest BCUT2D eigenvalue weighted by atomic mass is 9.68. The fourth-order valence-electron chi connectivity index (χ4n) is 7.95. The molecule has 0 radical (unpaired) electrons. The number of halogens is 2. The van der Waals surface area contributed by atoms with Gasteiger partial charge in [-0.3, -0.25) is 19.3 Å². The maximum atomic E-state index is 13.9. The van der Waals surface area contributed by atoms with E-state index >= 15 is 0 Å². The number of ether oxygens (including phenoxy) is 1. The number of hydrogen-bond donors (Lipinski definition) is 1. The first-order valence-electron chi connectivity index (χ1n) is 14.3. The number of benzene rings is 3. The average Bonchev–Trinajstić information content (AvgIpc) is 3.73. The molecule has 2 amide bonds. The van der Waals surface area contributed by atoms with Crippen LogP contribution < -0.4 is 14.5 Å². The van der Waals surface area contributed by atoms with Gasteiger partial charge in [0.2, 0.25) is 11.8 Å². The van der Waals surface area contributed by atoms with Gasteiger partial charge in [-0.2, -0.15) is 0 Å². The van der Waals surface area contributed by atoms with E-state index in [4.69, 9.17) is 16.3 Å². The topological polar surface area (TPSA) is 79.5 Å². The number of thioether (sulfide) groups is 1. The first kappa shape index (κ1) is 27.2. The number of aryl methyl sites for hydroxylation is 1. The smallest absolute Gasteiger partial charge is 0.305 e. The van der Waals surface area contributed by atoms with Crippen molar-refractivity contribution in [3.05, 3.63) is 109 Å². The van der Waals surface area contributed by atoms with Crippen molar-refractivity contribution < 1.29 is 18.7 Å². The summed E-state index contributed by atoms with van der Waals surface area (Å²) < 4.78 is 20.1. The molecule has 3 aromatic carbocycles. The Balaban J connectivity index is 1.20. The van der Waals surface area contributed by atoms with E-state index in [1.165, 1.54) is 46.1 Å². The lowest BCUT2D eigenvalue weighted by Gasteiger charge is -2.43. The van der Waals surface area contributed by atoms with Crippen LogP contribution in [0, 0.1) is 42.3 Å². The number of imide groups is 1. The summed E-state index contributed by atoms with van der Waals surface area (Å²) in [7, 11) is 0. The first-order chi connectivity index (χ1) is 20.8. The molecule has 6 unspecified atom stereocenters. The second kappa shape index (κ2) is 10.1. The normalized spacial score (nSPS) is 28.6. The van der Waals surface area contributed by atoms with E-state index in [9.17, 15) is 18.8 Å². The van der Waals surface area contributed by atoms with Gasteiger partial charge >= 0.3 is 4.87 Å². The summed E-state index contributed by atoms with van der Waals surface area (Å²) in [5.41, 5.74) is 3.50. The van der Waals surface area contributed by atoms with Crippen LogP contribution >= 0.6 is 34.7 Å². The number of H-pyrrole nitrogens is 1. The largest absolute Gasteiger partial charge is 0.489 e. The molecule has 4 aromatic rings. The summed E-state index contributed by atoms with van der Waals surface area (Å²) in [5.74, 6) is -1.36. The molecule has 6 nitrogen and oxygen atoms in total. The summed E-state index contributed by atoms with van der Waals surface area (Å²) in [6.45, 7) is 2.41.